The lowest BCUT2D eigenvalue weighted by Crippen LogP contribution is -2.10. The van der Waals surface area contributed by atoms with Gasteiger partial charge in [-0.1, -0.05) is 67.6 Å². The molecule has 0 nitrogen and oxygen atoms in total. The van der Waals surface area contributed by atoms with Crippen LogP contribution in [-0.4, -0.2) is 0 Å². The van der Waals surface area contributed by atoms with Crippen molar-refractivity contribution in [3.8, 4) is 0 Å². The predicted molar refractivity (Wildman–Crippen MR) is 78.6 cm³/mol. The van der Waals surface area contributed by atoms with Gasteiger partial charge in [-0.2, -0.15) is 9.90 Å². The fraction of sp³-hybridized carbons (Fsp3) is 0.250. The van der Waals surface area contributed by atoms with Crippen molar-refractivity contribution in [3.63, 3.8) is 0 Å². The van der Waals surface area contributed by atoms with Crippen molar-refractivity contribution >= 4 is 9.90 Å². The Morgan fingerprint density at radius 3 is 1.47 bits per heavy atom. The molecule has 1 fully saturated rings. The Morgan fingerprint density at radius 1 is 0.824 bits per heavy atom. The van der Waals surface area contributed by atoms with Gasteiger partial charge in [-0.15, -0.1) is 0 Å². The summed E-state index contributed by atoms with van der Waals surface area (Å²) in [6.45, 7) is 2.35. The predicted octanol–water partition coefficient (Wildman–Crippen LogP) is 4.07. The van der Waals surface area contributed by atoms with Crippen LogP contribution in [0.5, 0.6) is 0 Å². The van der Waals surface area contributed by atoms with E-state index in [2.05, 4.69) is 67.6 Å². The van der Waals surface area contributed by atoms with Gasteiger partial charge in [-0.3, -0.25) is 0 Å². The molecule has 0 heterocycles. The Kier molecular flexibility index (Phi) is 3.35. The largest absolute Gasteiger partial charge is 0.153 e. The monoisotopic (exact) mass is 242 g/mol. The lowest BCUT2D eigenvalue weighted by molar-refractivity contribution is 0.749. The maximum Gasteiger partial charge on any atom is 0.0231 e. The van der Waals surface area contributed by atoms with Crippen molar-refractivity contribution in [2.24, 2.45) is 5.92 Å². The average Bonchev–Trinajstić information content (AvgIpc) is 3.05. The normalized spacial score (nSPS) is 20.4. The summed E-state index contributed by atoms with van der Waals surface area (Å²) in [6, 6.07) is 21.8. The van der Waals surface area contributed by atoms with Crippen LogP contribution in [0.2, 0.25) is 0 Å². The van der Waals surface area contributed by atoms with Crippen LogP contribution < -0.4 is 0 Å². The van der Waals surface area contributed by atoms with Crippen LogP contribution in [0.3, 0.4) is 0 Å². The number of hydrogen-bond acceptors (Lipinski definition) is 0. The summed E-state index contributed by atoms with van der Waals surface area (Å²) < 4.78 is 0. The van der Waals surface area contributed by atoms with Crippen molar-refractivity contribution in [2.75, 3.05) is 0 Å². The van der Waals surface area contributed by atoms with Gasteiger partial charge in [-0.25, -0.2) is 0 Å². The van der Waals surface area contributed by atoms with Gasteiger partial charge >= 0.3 is 0 Å². The summed E-state index contributed by atoms with van der Waals surface area (Å²) in [4.78, 5) is 0. The first-order valence-corrected chi connectivity index (χ1v) is 5.95. The number of benzene rings is 2. The molecule has 1 aliphatic carbocycles. The zero-order valence-corrected chi connectivity index (χ0v) is 11.7. The highest BCUT2D eigenvalue weighted by Gasteiger charge is 2.53. The molecule has 0 amide bonds. The maximum absolute atomic E-state index is 2.35. The van der Waals surface area contributed by atoms with Gasteiger partial charge in [0.1, 0.15) is 0 Å². The van der Waals surface area contributed by atoms with E-state index >= 15 is 0 Å². The van der Waals surface area contributed by atoms with E-state index in [1.807, 2.05) is 0 Å². The van der Waals surface area contributed by atoms with E-state index in [0.29, 0.717) is 5.41 Å². The molecular weight excluding hydrogens is 223 g/mol. The van der Waals surface area contributed by atoms with Crippen molar-refractivity contribution in [2.45, 2.75) is 18.8 Å². The maximum atomic E-state index is 2.35. The van der Waals surface area contributed by atoms with Crippen LogP contribution in [0.4, 0.5) is 0 Å². The zero-order valence-electron chi connectivity index (χ0n) is 10.3. The molecule has 2 atom stereocenters. The van der Waals surface area contributed by atoms with Gasteiger partial charge in [0.2, 0.25) is 0 Å². The topological polar surface area (TPSA) is 0 Å². The van der Waals surface area contributed by atoms with Crippen LogP contribution in [-0.2, 0) is 5.41 Å². The standard InChI is InChI=1S/C16H16.H3P/c1-13-12-16(13,14-8-4-2-5-9-14)15-10-6-3-7-11-15;/h2-11,13H,12H2,1H3;1H3. The first-order chi connectivity index (χ1) is 7.84. The first-order valence-electron chi connectivity index (χ1n) is 5.95. The Balaban J connectivity index is 0.00000108. The molecule has 0 aromatic heterocycles. The SMILES string of the molecule is CC1CC1(c1ccccc1)c1ccccc1.P. The Hall–Kier alpha value is -1.13. The third-order valence-corrected chi connectivity index (χ3v) is 3.89. The van der Waals surface area contributed by atoms with Crippen molar-refractivity contribution < 1.29 is 0 Å². The first kappa shape index (κ1) is 12.3. The van der Waals surface area contributed by atoms with E-state index in [0.717, 1.165) is 5.92 Å². The Morgan fingerprint density at radius 2 is 1.18 bits per heavy atom. The molecule has 0 radical (unpaired) electrons. The van der Waals surface area contributed by atoms with E-state index < -0.39 is 0 Å². The molecule has 2 aromatic carbocycles. The third kappa shape index (κ3) is 1.91. The van der Waals surface area contributed by atoms with E-state index in [9.17, 15) is 0 Å². The van der Waals surface area contributed by atoms with Gasteiger partial charge in [0, 0.05) is 5.41 Å². The molecular formula is C16H19P. The van der Waals surface area contributed by atoms with Gasteiger partial charge in [0.15, 0.2) is 0 Å². The molecule has 1 heteroatoms. The van der Waals surface area contributed by atoms with Crippen LogP contribution in [0.15, 0.2) is 60.7 Å². The minimum atomic E-state index is 0. The lowest BCUT2D eigenvalue weighted by atomic mass is 9.86. The quantitative estimate of drug-likeness (QED) is 0.696. The van der Waals surface area contributed by atoms with Crippen LogP contribution in [0, 0.1) is 5.92 Å². The fourth-order valence-corrected chi connectivity index (χ4v) is 2.87. The van der Waals surface area contributed by atoms with Crippen molar-refractivity contribution in [1.82, 2.24) is 0 Å². The minimum Gasteiger partial charge on any atom is -0.153 e. The van der Waals surface area contributed by atoms with Gasteiger partial charge in [0.25, 0.3) is 0 Å². The molecule has 88 valence electrons. The molecule has 2 aromatic rings. The summed E-state index contributed by atoms with van der Waals surface area (Å²) in [5.41, 5.74) is 3.23. The second-order valence-electron chi connectivity index (χ2n) is 4.81. The molecule has 17 heavy (non-hydrogen) atoms. The van der Waals surface area contributed by atoms with E-state index in [1.54, 1.807) is 0 Å². The van der Waals surface area contributed by atoms with Crippen molar-refractivity contribution in [3.05, 3.63) is 71.8 Å². The third-order valence-electron chi connectivity index (χ3n) is 3.89. The minimum absolute atomic E-state index is 0. The van der Waals surface area contributed by atoms with E-state index in [4.69, 9.17) is 0 Å². The van der Waals surface area contributed by atoms with Gasteiger partial charge < -0.3 is 0 Å². The summed E-state index contributed by atoms with van der Waals surface area (Å²) in [6.07, 6.45) is 1.28. The molecule has 3 rings (SSSR count). The lowest BCUT2D eigenvalue weighted by Gasteiger charge is -2.17. The van der Waals surface area contributed by atoms with Crippen molar-refractivity contribution in [1.29, 1.82) is 0 Å². The highest BCUT2D eigenvalue weighted by atomic mass is 31.0. The van der Waals surface area contributed by atoms with E-state index in [-0.39, 0.29) is 9.90 Å². The summed E-state index contributed by atoms with van der Waals surface area (Å²) in [5.74, 6) is 0.761. The summed E-state index contributed by atoms with van der Waals surface area (Å²) in [5, 5.41) is 0. The smallest absolute Gasteiger partial charge is 0.0231 e. The Bertz CT molecular complexity index is 436. The van der Waals surface area contributed by atoms with Crippen LogP contribution >= 0.6 is 9.90 Å². The summed E-state index contributed by atoms with van der Waals surface area (Å²) >= 11 is 0. The highest BCUT2D eigenvalue weighted by molar-refractivity contribution is 6.92. The molecule has 0 aliphatic heterocycles. The number of hydrogen-bond donors (Lipinski definition) is 0. The Labute approximate surface area is 107 Å². The van der Waals surface area contributed by atoms with Crippen LogP contribution in [0.25, 0.3) is 0 Å². The van der Waals surface area contributed by atoms with Gasteiger partial charge in [0.05, 0.1) is 0 Å². The van der Waals surface area contributed by atoms with Gasteiger partial charge in [-0.05, 0) is 23.5 Å². The molecule has 1 saturated carbocycles. The zero-order chi connectivity index (χ0) is 11.0. The second-order valence-corrected chi connectivity index (χ2v) is 4.81. The second kappa shape index (κ2) is 4.63. The molecule has 0 saturated heterocycles. The summed E-state index contributed by atoms with van der Waals surface area (Å²) in [7, 11) is 0. The molecule has 0 N–H and O–H groups in total. The molecule has 0 spiro atoms. The van der Waals surface area contributed by atoms with E-state index in [1.165, 1.54) is 17.5 Å². The highest BCUT2D eigenvalue weighted by Crippen LogP contribution is 2.58. The number of rotatable bonds is 2. The average molecular weight is 242 g/mol. The molecule has 0 bridgehead atoms. The van der Waals surface area contributed by atoms with Crippen LogP contribution in [0.1, 0.15) is 24.5 Å². The fourth-order valence-electron chi connectivity index (χ4n) is 2.87. The molecule has 2 unspecified atom stereocenters. The molecule has 1 aliphatic rings.